The van der Waals surface area contributed by atoms with Crippen LogP contribution in [0, 0.1) is 11.3 Å². The molecule has 1 aromatic heterocycles. The maximum absolute atomic E-state index is 6.22. The highest BCUT2D eigenvalue weighted by Gasteiger charge is 2.44. The fourth-order valence-electron chi connectivity index (χ4n) is 4.14. The molecule has 114 valence electrons. The van der Waals surface area contributed by atoms with Gasteiger partial charge in [0.2, 0.25) is 0 Å². The zero-order valence-corrected chi connectivity index (χ0v) is 14.7. The van der Waals surface area contributed by atoms with E-state index < -0.39 is 0 Å². The second-order valence-corrected chi connectivity index (χ2v) is 9.14. The molecule has 0 bridgehead atoms. The number of halogens is 1. The Morgan fingerprint density at radius 3 is 2.60 bits per heavy atom. The van der Waals surface area contributed by atoms with Gasteiger partial charge in [0.05, 0.1) is 4.34 Å². The highest BCUT2D eigenvalue weighted by molar-refractivity contribution is 7.16. The van der Waals surface area contributed by atoms with Crippen molar-refractivity contribution in [2.24, 2.45) is 17.1 Å². The predicted molar refractivity (Wildman–Crippen MR) is 89.4 cm³/mol. The molecule has 2 atom stereocenters. The van der Waals surface area contributed by atoms with E-state index in [0.29, 0.717) is 5.41 Å². The highest BCUT2D eigenvalue weighted by atomic mass is 35.5. The largest absolute Gasteiger partial charge is 0.329 e. The Morgan fingerprint density at radius 1 is 1.40 bits per heavy atom. The molecule has 1 saturated carbocycles. The molecule has 2 nitrogen and oxygen atoms in total. The monoisotopic (exact) mass is 314 g/mol. The van der Waals surface area contributed by atoms with Gasteiger partial charge in [0.1, 0.15) is 0 Å². The number of hydrogen-bond acceptors (Lipinski definition) is 3. The molecule has 1 aliphatic carbocycles. The van der Waals surface area contributed by atoms with Gasteiger partial charge in [0, 0.05) is 23.5 Å². The first-order valence-electron chi connectivity index (χ1n) is 7.42. The van der Waals surface area contributed by atoms with Gasteiger partial charge in [-0.05, 0) is 49.8 Å². The van der Waals surface area contributed by atoms with Crippen molar-refractivity contribution in [3.63, 3.8) is 0 Å². The van der Waals surface area contributed by atoms with E-state index >= 15 is 0 Å². The smallest absolute Gasteiger partial charge is 0.0931 e. The fourth-order valence-corrected chi connectivity index (χ4v) is 5.28. The van der Waals surface area contributed by atoms with Crippen molar-refractivity contribution in [3.8, 4) is 0 Å². The van der Waals surface area contributed by atoms with Crippen LogP contribution in [0.25, 0.3) is 0 Å². The molecule has 1 aliphatic rings. The first kappa shape index (κ1) is 16.3. The van der Waals surface area contributed by atoms with Gasteiger partial charge < -0.3 is 5.73 Å². The topological polar surface area (TPSA) is 29.3 Å². The van der Waals surface area contributed by atoms with Crippen LogP contribution in [-0.4, -0.2) is 24.0 Å². The third-order valence-electron chi connectivity index (χ3n) is 4.65. The Morgan fingerprint density at radius 2 is 2.10 bits per heavy atom. The molecule has 2 rings (SSSR count). The molecule has 1 aromatic rings. The second-order valence-electron chi connectivity index (χ2n) is 7.34. The van der Waals surface area contributed by atoms with Crippen LogP contribution in [0.15, 0.2) is 12.1 Å². The number of nitrogens with two attached hydrogens (primary N) is 1. The Kier molecular flexibility index (Phi) is 4.85. The summed E-state index contributed by atoms with van der Waals surface area (Å²) in [6.45, 7) is 8.79. The van der Waals surface area contributed by atoms with Crippen molar-refractivity contribution in [1.82, 2.24) is 4.90 Å². The minimum atomic E-state index is 0.123. The van der Waals surface area contributed by atoms with E-state index in [1.807, 2.05) is 6.07 Å². The molecule has 2 unspecified atom stereocenters. The summed E-state index contributed by atoms with van der Waals surface area (Å²) in [4.78, 5) is 3.79. The van der Waals surface area contributed by atoms with E-state index in [1.165, 1.54) is 24.1 Å². The minimum Gasteiger partial charge on any atom is -0.329 e. The van der Waals surface area contributed by atoms with Gasteiger partial charge in [0.15, 0.2) is 0 Å². The van der Waals surface area contributed by atoms with Crippen molar-refractivity contribution < 1.29 is 0 Å². The van der Waals surface area contributed by atoms with Crippen molar-refractivity contribution in [1.29, 1.82) is 0 Å². The van der Waals surface area contributed by atoms with E-state index in [2.05, 4.69) is 38.8 Å². The first-order chi connectivity index (χ1) is 9.26. The van der Waals surface area contributed by atoms with Gasteiger partial charge in [0.25, 0.3) is 0 Å². The van der Waals surface area contributed by atoms with Crippen molar-refractivity contribution in [2.45, 2.75) is 52.1 Å². The van der Waals surface area contributed by atoms with Crippen LogP contribution in [0.4, 0.5) is 0 Å². The van der Waals surface area contributed by atoms with Gasteiger partial charge in [-0.25, -0.2) is 0 Å². The molecule has 0 saturated heterocycles. The van der Waals surface area contributed by atoms with Gasteiger partial charge in [-0.15, -0.1) is 11.3 Å². The van der Waals surface area contributed by atoms with Crippen LogP contribution in [0.2, 0.25) is 4.34 Å². The number of nitrogens with zero attached hydrogens (tertiary/aromatic N) is 1. The van der Waals surface area contributed by atoms with Gasteiger partial charge in [-0.2, -0.15) is 0 Å². The van der Waals surface area contributed by atoms with E-state index in [-0.39, 0.29) is 5.54 Å². The van der Waals surface area contributed by atoms with Gasteiger partial charge >= 0.3 is 0 Å². The lowest BCUT2D eigenvalue weighted by molar-refractivity contribution is -0.000632. The molecule has 1 fully saturated rings. The summed E-state index contributed by atoms with van der Waals surface area (Å²) in [6.07, 6.45) is 3.67. The lowest BCUT2D eigenvalue weighted by atomic mass is 9.63. The standard InChI is InChI=1S/C16H27ClN2S/c1-12-7-15(2,3)10-16(8-12,11-18)19(4)9-13-5-6-14(17)20-13/h5-6,12H,7-11,18H2,1-4H3. The van der Waals surface area contributed by atoms with Crippen molar-refractivity contribution in [2.75, 3.05) is 13.6 Å². The molecule has 4 heteroatoms. The maximum Gasteiger partial charge on any atom is 0.0931 e. The average Bonchev–Trinajstić information content (AvgIpc) is 2.71. The molecule has 0 aliphatic heterocycles. The Balaban J connectivity index is 2.16. The lowest BCUT2D eigenvalue weighted by Gasteiger charge is -2.52. The fraction of sp³-hybridized carbons (Fsp3) is 0.750. The SMILES string of the molecule is CC1CC(C)(C)CC(CN)(N(C)Cc2ccc(Cl)s2)C1. The Bertz CT molecular complexity index is 457. The van der Waals surface area contributed by atoms with Gasteiger partial charge in [-0.3, -0.25) is 4.90 Å². The summed E-state index contributed by atoms with van der Waals surface area (Å²) in [5.74, 6) is 0.733. The van der Waals surface area contributed by atoms with Crippen molar-refractivity contribution >= 4 is 22.9 Å². The van der Waals surface area contributed by atoms with Crippen LogP contribution < -0.4 is 5.73 Å². The number of likely N-dealkylation sites (N-methyl/N-ethyl adjacent to an activating group) is 1. The van der Waals surface area contributed by atoms with Crippen molar-refractivity contribution in [3.05, 3.63) is 21.3 Å². The molecule has 0 spiro atoms. The Labute approximate surface area is 132 Å². The molecule has 0 aromatic carbocycles. The summed E-state index contributed by atoms with van der Waals surface area (Å²) in [6, 6.07) is 4.11. The maximum atomic E-state index is 6.22. The molecular weight excluding hydrogens is 288 g/mol. The number of rotatable bonds is 4. The predicted octanol–water partition coefficient (Wildman–Crippen LogP) is 4.38. The summed E-state index contributed by atoms with van der Waals surface area (Å²) >= 11 is 7.71. The van der Waals surface area contributed by atoms with Crippen LogP contribution in [0.1, 0.15) is 44.9 Å². The van der Waals surface area contributed by atoms with Gasteiger partial charge in [-0.1, -0.05) is 32.4 Å². The highest BCUT2D eigenvalue weighted by Crippen LogP contribution is 2.46. The summed E-state index contributed by atoms with van der Waals surface area (Å²) in [7, 11) is 2.22. The molecule has 20 heavy (non-hydrogen) atoms. The number of hydrogen-bond donors (Lipinski definition) is 1. The lowest BCUT2D eigenvalue weighted by Crippen LogP contribution is -2.57. The Hall–Kier alpha value is -0.0900. The van der Waals surface area contributed by atoms with Crippen LogP contribution in [0.5, 0.6) is 0 Å². The molecule has 1 heterocycles. The summed E-state index contributed by atoms with van der Waals surface area (Å²) < 4.78 is 0.868. The second kappa shape index (κ2) is 5.96. The normalized spacial score (nSPS) is 29.9. The summed E-state index contributed by atoms with van der Waals surface area (Å²) in [5.41, 5.74) is 6.71. The van der Waals surface area contributed by atoms with E-state index in [9.17, 15) is 0 Å². The third-order valence-corrected chi connectivity index (χ3v) is 5.86. The first-order valence-corrected chi connectivity index (χ1v) is 8.61. The molecule has 0 amide bonds. The molecular formula is C16H27ClN2S. The average molecular weight is 315 g/mol. The quantitative estimate of drug-likeness (QED) is 0.893. The zero-order valence-electron chi connectivity index (χ0n) is 13.1. The summed E-state index contributed by atoms with van der Waals surface area (Å²) in [5, 5.41) is 0. The minimum absolute atomic E-state index is 0.123. The zero-order chi connectivity index (χ0) is 15.0. The van der Waals surface area contributed by atoms with Crippen LogP contribution >= 0.6 is 22.9 Å². The van der Waals surface area contributed by atoms with E-state index in [0.717, 1.165) is 23.3 Å². The molecule has 2 N–H and O–H groups in total. The van der Waals surface area contributed by atoms with E-state index in [4.69, 9.17) is 17.3 Å². The molecule has 0 radical (unpaired) electrons. The number of thiophene rings is 1. The van der Waals surface area contributed by atoms with E-state index in [1.54, 1.807) is 11.3 Å². The van der Waals surface area contributed by atoms with Crippen LogP contribution in [-0.2, 0) is 6.54 Å². The third kappa shape index (κ3) is 3.56. The van der Waals surface area contributed by atoms with Crippen LogP contribution in [0.3, 0.4) is 0 Å².